The molecule has 1 aromatic heterocycles. The topological polar surface area (TPSA) is 75.6 Å². The van der Waals surface area contributed by atoms with Crippen molar-refractivity contribution in [3.8, 4) is 0 Å². The molecule has 3 aliphatic carbocycles. The number of nitrogens with zero attached hydrogens (tertiary/aromatic N) is 4. The highest BCUT2D eigenvalue weighted by Crippen LogP contribution is 2.66. The third-order valence-electron chi connectivity index (χ3n) is 5.48. The van der Waals surface area contributed by atoms with Gasteiger partial charge in [0.05, 0.1) is 17.9 Å². The molecule has 0 spiro atoms. The smallest absolute Gasteiger partial charge is 0.410 e. The number of amides is 2. The minimum atomic E-state index is -2.72. The van der Waals surface area contributed by atoms with Crippen LogP contribution in [0.5, 0.6) is 0 Å². The molecule has 0 unspecified atom stereocenters. The normalized spacial score (nSPS) is 26.1. The second-order valence-electron chi connectivity index (χ2n) is 8.51. The Hall–Kier alpha value is -2.32. The van der Waals surface area contributed by atoms with Crippen LogP contribution in [-0.2, 0) is 4.74 Å². The molecular formula is C18H24F2N4O3. The fraction of sp³-hybridized carbons (Fsp3) is 0.667. The number of carbonyl (C=O) groups is 2. The van der Waals surface area contributed by atoms with E-state index in [0.29, 0.717) is 19.3 Å². The first-order valence-corrected chi connectivity index (χ1v) is 8.74. The summed E-state index contributed by atoms with van der Waals surface area (Å²) >= 11 is 0. The molecule has 1 aromatic rings. The summed E-state index contributed by atoms with van der Waals surface area (Å²) in [5, 5.41) is 0. The van der Waals surface area contributed by atoms with Crippen molar-refractivity contribution in [1.29, 1.82) is 0 Å². The Morgan fingerprint density at radius 3 is 2.07 bits per heavy atom. The van der Waals surface area contributed by atoms with Crippen molar-refractivity contribution in [2.24, 2.45) is 0 Å². The molecular weight excluding hydrogens is 358 g/mol. The van der Waals surface area contributed by atoms with E-state index in [1.54, 1.807) is 23.9 Å². The van der Waals surface area contributed by atoms with Crippen molar-refractivity contribution in [1.82, 2.24) is 19.8 Å². The van der Waals surface area contributed by atoms with E-state index >= 15 is 0 Å². The summed E-state index contributed by atoms with van der Waals surface area (Å²) in [7, 11) is 3.38. The van der Waals surface area contributed by atoms with Gasteiger partial charge < -0.3 is 14.5 Å². The zero-order chi connectivity index (χ0) is 20.2. The number of aromatic nitrogens is 2. The summed E-state index contributed by atoms with van der Waals surface area (Å²) in [6.07, 6.45) is 0.861. The maximum atomic E-state index is 12.6. The largest absolute Gasteiger partial charge is 0.444 e. The average Bonchev–Trinajstić information content (AvgIpc) is 2.49. The molecule has 0 atom stereocenters. The number of hydrogen-bond donors (Lipinski definition) is 0. The third kappa shape index (κ3) is 3.23. The van der Waals surface area contributed by atoms with Crippen LogP contribution in [0.2, 0.25) is 0 Å². The first kappa shape index (κ1) is 19.4. The highest BCUT2D eigenvalue weighted by molar-refractivity contribution is 5.93. The molecule has 0 radical (unpaired) electrons. The second kappa shape index (κ2) is 6.10. The van der Waals surface area contributed by atoms with Crippen LogP contribution in [0.15, 0.2) is 12.4 Å². The summed E-state index contributed by atoms with van der Waals surface area (Å²) in [4.78, 5) is 35.5. The standard InChI is InChI=1S/C18H24F2N4O3/c1-16(2,3)27-15(26)24(5)18-8-17(9-18,10-18)23(4)14(25)12-7-21-11(6-22-12)13(19)20/h6-7,13H,8-10H2,1-5H3. The maximum Gasteiger partial charge on any atom is 0.410 e. The molecule has 3 fully saturated rings. The van der Waals surface area contributed by atoms with E-state index in [1.165, 1.54) is 0 Å². The second-order valence-corrected chi connectivity index (χ2v) is 8.51. The third-order valence-corrected chi connectivity index (χ3v) is 5.48. The van der Waals surface area contributed by atoms with E-state index in [-0.39, 0.29) is 28.8 Å². The minimum absolute atomic E-state index is 0.0289. The van der Waals surface area contributed by atoms with Crippen molar-refractivity contribution < 1.29 is 23.1 Å². The molecule has 0 N–H and O–H groups in total. The monoisotopic (exact) mass is 382 g/mol. The highest BCUT2D eigenvalue weighted by Gasteiger charge is 2.73. The average molecular weight is 382 g/mol. The van der Waals surface area contributed by atoms with Gasteiger partial charge in [-0.3, -0.25) is 9.78 Å². The van der Waals surface area contributed by atoms with Gasteiger partial charge in [-0.2, -0.15) is 0 Å². The lowest BCUT2D eigenvalue weighted by atomic mass is 9.43. The van der Waals surface area contributed by atoms with Crippen molar-refractivity contribution in [2.45, 2.75) is 63.1 Å². The summed E-state index contributed by atoms with van der Waals surface area (Å²) in [6, 6.07) is 0. The van der Waals surface area contributed by atoms with Crippen LogP contribution in [0.25, 0.3) is 0 Å². The van der Waals surface area contributed by atoms with Crippen molar-refractivity contribution in [2.75, 3.05) is 14.1 Å². The Morgan fingerprint density at radius 1 is 1.07 bits per heavy atom. The Morgan fingerprint density at radius 2 is 1.63 bits per heavy atom. The van der Waals surface area contributed by atoms with E-state index in [9.17, 15) is 18.4 Å². The van der Waals surface area contributed by atoms with Gasteiger partial charge in [0, 0.05) is 19.6 Å². The van der Waals surface area contributed by atoms with Gasteiger partial charge in [-0.1, -0.05) is 0 Å². The highest BCUT2D eigenvalue weighted by atomic mass is 19.3. The molecule has 4 rings (SSSR count). The van der Waals surface area contributed by atoms with Crippen molar-refractivity contribution in [3.05, 3.63) is 23.8 Å². The Kier molecular flexibility index (Phi) is 4.39. The van der Waals surface area contributed by atoms with Gasteiger partial charge in [-0.15, -0.1) is 0 Å². The Bertz CT molecular complexity index is 741. The first-order valence-electron chi connectivity index (χ1n) is 8.74. The molecule has 0 aromatic carbocycles. The van der Waals surface area contributed by atoms with Crippen molar-refractivity contribution in [3.63, 3.8) is 0 Å². The van der Waals surface area contributed by atoms with Crippen LogP contribution in [0.4, 0.5) is 13.6 Å². The van der Waals surface area contributed by atoms with Gasteiger partial charge in [0.2, 0.25) is 0 Å². The van der Waals surface area contributed by atoms with Gasteiger partial charge in [0.25, 0.3) is 12.3 Å². The fourth-order valence-corrected chi connectivity index (χ4v) is 3.87. The van der Waals surface area contributed by atoms with Gasteiger partial charge in [-0.25, -0.2) is 18.6 Å². The molecule has 2 amide bonds. The lowest BCUT2D eigenvalue weighted by Crippen LogP contribution is -2.83. The molecule has 3 aliphatic rings. The van der Waals surface area contributed by atoms with E-state index in [2.05, 4.69) is 9.97 Å². The molecule has 1 heterocycles. The molecule has 0 aliphatic heterocycles. The zero-order valence-electron chi connectivity index (χ0n) is 16.1. The van der Waals surface area contributed by atoms with Gasteiger partial charge in [0.1, 0.15) is 17.0 Å². The predicted molar refractivity (Wildman–Crippen MR) is 92.4 cm³/mol. The van der Waals surface area contributed by atoms with Crippen LogP contribution in [-0.4, -0.2) is 62.5 Å². The van der Waals surface area contributed by atoms with Gasteiger partial charge >= 0.3 is 6.09 Å². The number of alkyl halides is 2. The molecule has 0 saturated heterocycles. The van der Waals surface area contributed by atoms with Crippen LogP contribution in [0.3, 0.4) is 0 Å². The predicted octanol–water partition coefficient (Wildman–Crippen LogP) is 3.03. The quantitative estimate of drug-likeness (QED) is 0.800. The summed E-state index contributed by atoms with van der Waals surface area (Å²) < 4.78 is 30.5. The lowest BCUT2D eigenvalue weighted by Gasteiger charge is -2.74. The van der Waals surface area contributed by atoms with Crippen LogP contribution in [0, 0.1) is 0 Å². The SMILES string of the molecule is CN(C(=O)OC(C)(C)C)C12CC(N(C)C(=O)c3cnc(C(F)F)cn3)(C1)C2. The van der Waals surface area contributed by atoms with E-state index in [0.717, 1.165) is 12.4 Å². The van der Waals surface area contributed by atoms with E-state index in [4.69, 9.17) is 4.74 Å². The molecule has 3 saturated carbocycles. The minimum Gasteiger partial charge on any atom is -0.444 e. The number of halogens is 2. The van der Waals surface area contributed by atoms with Crippen molar-refractivity contribution >= 4 is 12.0 Å². The molecule has 7 nitrogen and oxygen atoms in total. The maximum absolute atomic E-state index is 12.6. The Labute approximate surface area is 156 Å². The zero-order valence-corrected chi connectivity index (χ0v) is 16.1. The number of rotatable bonds is 4. The summed E-state index contributed by atoms with van der Waals surface area (Å²) in [5.74, 6) is -0.364. The van der Waals surface area contributed by atoms with Crippen LogP contribution >= 0.6 is 0 Å². The number of hydrogen-bond acceptors (Lipinski definition) is 5. The van der Waals surface area contributed by atoms with Gasteiger partial charge in [-0.05, 0) is 40.0 Å². The molecule has 9 heteroatoms. The van der Waals surface area contributed by atoms with E-state index < -0.39 is 17.7 Å². The molecule has 2 bridgehead atoms. The Balaban J connectivity index is 1.62. The lowest BCUT2D eigenvalue weighted by molar-refractivity contribution is -0.199. The first-order chi connectivity index (χ1) is 12.4. The number of carbonyl (C=O) groups excluding carboxylic acids is 2. The van der Waals surface area contributed by atoms with Gasteiger partial charge in [0.15, 0.2) is 0 Å². The van der Waals surface area contributed by atoms with Crippen LogP contribution < -0.4 is 0 Å². The summed E-state index contributed by atoms with van der Waals surface area (Å²) in [5.41, 5.74) is -1.63. The van der Waals surface area contributed by atoms with E-state index in [1.807, 2.05) is 20.8 Å². The molecule has 148 valence electrons. The summed E-state index contributed by atoms with van der Waals surface area (Å²) in [6.45, 7) is 5.44. The fourth-order valence-electron chi connectivity index (χ4n) is 3.87. The molecule has 27 heavy (non-hydrogen) atoms. The van der Waals surface area contributed by atoms with Crippen LogP contribution in [0.1, 0.15) is 62.6 Å². The number of ether oxygens (including phenoxy) is 1.